The Hall–Kier alpha value is -6.44. The summed E-state index contributed by atoms with van der Waals surface area (Å²) in [6, 6.07) is 69.0. The van der Waals surface area contributed by atoms with E-state index in [2.05, 4.69) is 190 Å². The highest BCUT2D eigenvalue weighted by atomic mass is 16.3. The number of aryl methyl sites for hydroxylation is 1. The van der Waals surface area contributed by atoms with Gasteiger partial charge in [0.15, 0.2) is 0 Å². The molecule has 1 nitrogen and oxygen atoms in total. The van der Waals surface area contributed by atoms with E-state index in [1.165, 1.54) is 72.3 Å². The molecule has 0 aliphatic heterocycles. The Kier molecular flexibility index (Phi) is 8.11. The Labute approximate surface area is 323 Å². The van der Waals surface area contributed by atoms with Gasteiger partial charge in [-0.25, -0.2) is 0 Å². The van der Waals surface area contributed by atoms with Gasteiger partial charge in [0.05, 0.1) is 0 Å². The van der Waals surface area contributed by atoms with Gasteiger partial charge in [-0.1, -0.05) is 184 Å². The van der Waals surface area contributed by atoms with Crippen LogP contribution in [0, 0.1) is 0 Å². The SMILES string of the molecule is CC1(C)c2ccccc2-c2ccc(C(CCc3ccc(-c4ccc5c(c4)oc4ccccc45)cc3)c3ccc(-c4ccc(-c5ccccc5)cc4)cc3)cc21. The van der Waals surface area contributed by atoms with Gasteiger partial charge in [-0.3, -0.25) is 0 Å². The molecule has 55 heavy (non-hydrogen) atoms. The van der Waals surface area contributed by atoms with Crippen LogP contribution >= 0.6 is 0 Å². The highest BCUT2D eigenvalue weighted by molar-refractivity contribution is 6.05. The standard InChI is InChI=1S/C54H42O/c1-54(2)50-14-8-6-12-46(50)47-32-30-44(34-51(47)54)45(42-27-25-40(26-28-42)39-23-21-38(22-24-39)37-10-4-3-5-11-37)31-18-36-16-19-41(20-17-36)43-29-33-49-48-13-7-9-15-52(48)55-53(49)35-43/h3-17,19-30,32-35,45H,18,31H2,1-2H3. The van der Waals surface area contributed by atoms with Crippen molar-refractivity contribution < 1.29 is 4.42 Å². The highest BCUT2D eigenvalue weighted by Crippen LogP contribution is 2.49. The van der Waals surface area contributed by atoms with Crippen LogP contribution in [-0.2, 0) is 11.8 Å². The molecule has 264 valence electrons. The summed E-state index contributed by atoms with van der Waals surface area (Å²) in [5.41, 5.74) is 18.8. The van der Waals surface area contributed by atoms with Crippen molar-refractivity contribution in [3.8, 4) is 44.5 Å². The number of furan rings is 1. The predicted molar refractivity (Wildman–Crippen MR) is 231 cm³/mol. The molecule has 1 atom stereocenters. The molecule has 0 spiro atoms. The molecule has 9 aromatic rings. The molecule has 1 unspecified atom stereocenters. The van der Waals surface area contributed by atoms with Crippen molar-refractivity contribution in [3.63, 3.8) is 0 Å². The molecular weight excluding hydrogens is 665 g/mol. The summed E-state index contributed by atoms with van der Waals surface area (Å²) in [7, 11) is 0. The Bertz CT molecular complexity index is 2800. The zero-order valence-electron chi connectivity index (χ0n) is 31.3. The molecule has 0 radical (unpaired) electrons. The number of rotatable bonds is 8. The van der Waals surface area contributed by atoms with Gasteiger partial charge in [0.1, 0.15) is 11.2 Å². The number of fused-ring (bicyclic) bond motifs is 6. The van der Waals surface area contributed by atoms with E-state index in [1.807, 2.05) is 12.1 Å². The topological polar surface area (TPSA) is 13.1 Å². The van der Waals surface area contributed by atoms with Crippen LogP contribution in [-0.4, -0.2) is 0 Å². The monoisotopic (exact) mass is 706 g/mol. The number of benzene rings is 8. The second kappa shape index (κ2) is 13.4. The Morgan fingerprint density at radius 2 is 0.964 bits per heavy atom. The zero-order valence-corrected chi connectivity index (χ0v) is 31.3. The minimum Gasteiger partial charge on any atom is -0.456 e. The second-order valence-corrected chi connectivity index (χ2v) is 15.6. The first-order valence-electron chi connectivity index (χ1n) is 19.5. The van der Waals surface area contributed by atoms with E-state index in [-0.39, 0.29) is 11.3 Å². The number of hydrogen-bond donors (Lipinski definition) is 0. The molecule has 1 heterocycles. The summed E-state index contributed by atoms with van der Waals surface area (Å²) >= 11 is 0. The molecule has 1 aliphatic carbocycles. The van der Waals surface area contributed by atoms with Crippen LogP contribution < -0.4 is 0 Å². The van der Waals surface area contributed by atoms with Crippen LogP contribution in [0.3, 0.4) is 0 Å². The van der Waals surface area contributed by atoms with Crippen LogP contribution in [0.4, 0.5) is 0 Å². The summed E-state index contributed by atoms with van der Waals surface area (Å²) < 4.78 is 6.20. The lowest BCUT2D eigenvalue weighted by atomic mass is 9.79. The van der Waals surface area contributed by atoms with Crippen LogP contribution in [0.5, 0.6) is 0 Å². The van der Waals surface area contributed by atoms with Crippen molar-refractivity contribution in [2.45, 2.75) is 38.0 Å². The number of para-hydroxylation sites is 1. The third-order valence-electron chi connectivity index (χ3n) is 12.0. The fourth-order valence-electron chi connectivity index (χ4n) is 8.94. The van der Waals surface area contributed by atoms with Crippen LogP contribution in [0.15, 0.2) is 192 Å². The molecule has 1 aliphatic rings. The lowest BCUT2D eigenvalue weighted by molar-refractivity contribution is 0.654. The lowest BCUT2D eigenvalue weighted by Crippen LogP contribution is -2.15. The molecule has 1 aromatic heterocycles. The van der Waals surface area contributed by atoms with Gasteiger partial charge in [0.25, 0.3) is 0 Å². The summed E-state index contributed by atoms with van der Waals surface area (Å²) in [6.07, 6.45) is 2.00. The summed E-state index contributed by atoms with van der Waals surface area (Å²) in [4.78, 5) is 0. The average Bonchev–Trinajstić information content (AvgIpc) is 3.73. The van der Waals surface area contributed by atoms with Crippen molar-refractivity contribution in [3.05, 3.63) is 216 Å². The van der Waals surface area contributed by atoms with Crippen LogP contribution in [0.25, 0.3) is 66.4 Å². The molecule has 0 N–H and O–H groups in total. The number of hydrogen-bond acceptors (Lipinski definition) is 1. The van der Waals surface area contributed by atoms with E-state index < -0.39 is 0 Å². The maximum Gasteiger partial charge on any atom is 0.136 e. The summed E-state index contributed by atoms with van der Waals surface area (Å²) in [6.45, 7) is 4.75. The maximum atomic E-state index is 6.20. The van der Waals surface area contributed by atoms with Crippen LogP contribution in [0.1, 0.15) is 54.0 Å². The first-order chi connectivity index (χ1) is 27.0. The molecule has 1 heteroatoms. The van der Waals surface area contributed by atoms with Crippen molar-refractivity contribution in [2.24, 2.45) is 0 Å². The maximum absolute atomic E-state index is 6.20. The van der Waals surface area contributed by atoms with E-state index in [4.69, 9.17) is 4.42 Å². The molecule has 10 rings (SSSR count). The Morgan fingerprint density at radius 3 is 1.73 bits per heavy atom. The predicted octanol–water partition coefficient (Wildman–Crippen LogP) is 14.7. The van der Waals surface area contributed by atoms with E-state index >= 15 is 0 Å². The minimum atomic E-state index is -0.0382. The van der Waals surface area contributed by atoms with Gasteiger partial charge >= 0.3 is 0 Å². The molecule has 0 saturated carbocycles. The van der Waals surface area contributed by atoms with E-state index in [9.17, 15) is 0 Å². The Balaban J connectivity index is 0.944. The van der Waals surface area contributed by atoms with Gasteiger partial charge in [-0.05, 0) is 103 Å². The van der Waals surface area contributed by atoms with Gasteiger partial charge in [0, 0.05) is 22.1 Å². The van der Waals surface area contributed by atoms with Crippen molar-refractivity contribution >= 4 is 21.9 Å². The van der Waals surface area contributed by atoms with Crippen molar-refractivity contribution in [2.75, 3.05) is 0 Å². The largest absolute Gasteiger partial charge is 0.456 e. The van der Waals surface area contributed by atoms with Gasteiger partial charge < -0.3 is 4.42 Å². The minimum absolute atomic E-state index is 0.0382. The Morgan fingerprint density at radius 1 is 0.418 bits per heavy atom. The molecule has 0 saturated heterocycles. The molecule has 8 aromatic carbocycles. The third-order valence-corrected chi connectivity index (χ3v) is 12.0. The van der Waals surface area contributed by atoms with Gasteiger partial charge in [0.2, 0.25) is 0 Å². The molecular formula is C54H42O. The third kappa shape index (κ3) is 5.97. The highest BCUT2D eigenvalue weighted by Gasteiger charge is 2.35. The first-order valence-corrected chi connectivity index (χ1v) is 19.5. The van der Waals surface area contributed by atoms with E-state index in [0.717, 1.165) is 34.8 Å². The fourth-order valence-corrected chi connectivity index (χ4v) is 8.94. The molecule has 0 amide bonds. The summed E-state index contributed by atoms with van der Waals surface area (Å²) in [5.74, 6) is 0.259. The van der Waals surface area contributed by atoms with Crippen LogP contribution in [0.2, 0.25) is 0 Å². The fraction of sp³-hybridized carbons (Fsp3) is 0.111. The first kappa shape index (κ1) is 33.2. The molecule has 0 fully saturated rings. The van der Waals surface area contributed by atoms with Crippen molar-refractivity contribution in [1.29, 1.82) is 0 Å². The van der Waals surface area contributed by atoms with E-state index in [0.29, 0.717) is 0 Å². The van der Waals surface area contributed by atoms with E-state index in [1.54, 1.807) is 0 Å². The lowest BCUT2D eigenvalue weighted by Gasteiger charge is -2.24. The normalized spacial score (nSPS) is 13.5. The van der Waals surface area contributed by atoms with Crippen molar-refractivity contribution in [1.82, 2.24) is 0 Å². The summed E-state index contributed by atoms with van der Waals surface area (Å²) in [5, 5.41) is 2.33. The quantitative estimate of drug-likeness (QED) is 0.153. The van der Waals surface area contributed by atoms with Gasteiger partial charge in [-0.2, -0.15) is 0 Å². The molecule has 0 bridgehead atoms. The smallest absolute Gasteiger partial charge is 0.136 e. The second-order valence-electron chi connectivity index (χ2n) is 15.6. The average molecular weight is 707 g/mol. The van der Waals surface area contributed by atoms with Gasteiger partial charge in [-0.15, -0.1) is 0 Å². The zero-order chi connectivity index (χ0) is 36.9.